The monoisotopic (exact) mass is 480 g/mol. The first-order valence-electron chi connectivity index (χ1n) is 12.3. The second kappa shape index (κ2) is 11.9. The zero-order valence-corrected chi connectivity index (χ0v) is 21.0. The van der Waals surface area contributed by atoms with E-state index in [2.05, 4.69) is 12.2 Å². The number of hydrogen-bond acceptors (Lipinski definition) is 5. The first-order chi connectivity index (χ1) is 16.7. The molecule has 0 radical (unpaired) electrons. The lowest BCUT2D eigenvalue weighted by Crippen LogP contribution is -2.43. The van der Waals surface area contributed by atoms with Crippen LogP contribution in [0.5, 0.6) is 0 Å². The van der Waals surface area contributed by atoms with Crippen LogP contribution in [-0.4, -0.2) is 46.7 Å². The maximum Gasteiger partial charge on any atom is 0.411 e. The Balaban J connectivity index is 1.81. The van der Waals surface area contributed by atoms with Crippen LogP contribution in [0.25, 0.3) is 0 Å². The van der Waals surface area contributed by atoms with E-state index in [0.29, 0.717) is 18.5 Å². The molecule has 0 unspecified atom stereocenters. The number of nitrogens with zero attached hydrogens (tertiary/aromatic N) is 1. The number of benzene rings is 2. The number of carbonyl (C=O) groups is 3. The lowest BCUT2D eigenvalue weighted by Gasteiger charge is -2.21. The van der Waals surface area contributed by atoms with Gasteiger partial charge in [-0.2, -0.15) is 0 Å². The summed E-state index contributed by atoms with van der Waals surface area (Å²) in [5.74, 6) is -1.04. The Morgan fingerprint density at radius 2 is 1.60 bits per heavy atom. The quantitative estimate of drug-likeness (QED) is 0.291. The van der Waals surface area contributed by atoms with Crippen molar-refractivity contribution in [1.82, 2.24) is 10.2 Å². The molecule has 3 rings (SSSR count). The van der Waals surface area contributed by atoms with E-state index in [-0.39, 0.29) is 6.04 Å². The normalized spacial score (nSPS) is 17.9. The number of esters is 1. The van der Waals surface area contributed by atoms with Crippen molar-refractivity contribution >= 4 is 18.0 Å². The molecule has 1 saturated heterocycles. The van der Waals surface area contributed by atoms with Gasteiger partial charge < -0.3 is 14.8 Å². The summed E-state index contributed by atoms with van der Waals surface area (Å²) >= 11 is 0. The molecule has 1 aliphatic rings. The van der Waals surface area contributed by atoms with Gasteiger partial charge in [0.1, 0.15) is 11.6 Å². The molecular formula is C28H36N2O5. The molecule has 1 N–H and O–H groups in total. The zero-order valence-electron chi connectivity index (χ0n) is 21.0. The van der Waals surface area contributed by atoms with Crippen molar-refractivity contribution < 1.29 is 23.9 Å². The summed E-state index contributed by atoms with van der Waals surface area (Å²) in [5.41, 5.74) is 0.595. The van der Waals surface area contributed by atoms with Crippen LogP contribution in [0, 0.1) is 0 Å². The minimum absolute atomic E-state index is 0.229. The molecule has 0 bridgehead atoms. The third-order valence-electron chi connectivity index (χ3n) is 5.81. The van der Waals surface area contributed by atoms with Crippen molar-refractivity contribution in [3.63, 3.8) is 0 Å². The predicted molar refractivity (Wildman–Crippen MR) is 134 cm³/mol. The zero-order chi connectivity index (χ0) is 25.4. The van der Waals surface area contributed by atoms with Gasteiger partial charge in [-0.05, 0) is 44.9 Å². The van der Waals surface area contributed by atoms with Gasteiger partial charge in [-0.3, -0.25) is 9.69 Å². The predicted octanol–water partition coefficient (Wildman–Crippen LogP) is 5.10. The van der Waals surface area contributed by atoms with Gasteiger partial charge in [0.2, 0.25) is 6.10 Å². The van der Waals surface area contributed by atoms with E-state index < -0.39 is 35.7 Å². The van der Waals surface area contributed by atoms with Gasteiger partial charge >= 0.3 is 12.1 Å². The van der Waals surface area contributed by atoms with E-state index >= 15 is 0 Å². The number of hydrogen-bond donors (Lipinski definition) is 1. The topological polar surface area (TPSA) is 84.7 Å². The van der Waals surface area contributed by atoms with Crippen molar-refractivity contribution in [3.8, 4) is 0 Å². The Morgan fingerprint density at radius 1 is 0.971 bits per heavy atom. The SMILES string of the molecule is CCCCC[C@@H]1[C@@H]([C@H](OC(=O)c2ccccc2)C(=O)NCc2ccccc2)N1C(=O)OC(C)(C)C. The molecule has 2 aromatic rings. The van der Waals surface area contributed by atoms with E-state index in [0.717, 1.165) is 24.8 Å². The third-order valence-corrected chi connectivity index (χ3v) is 5.81. The van der Waals surface area contributed by atoms with Crippen LogP contribution < -0.4 is 5.32 Å². The van der Waals surface area contributed by atoms with Gasteiger partial charge in [-0.15, -0.1) is 0 Å². The molecule has 188 valence electrons. The average molecular weight is 481 g/mol. The lowest BCUT2D eigenvalue weighted by atomic mass is 10.1. The largest absolute Gasteiger partial charge is 0.446 e. The Labute approximate surface area is 207 Å². The number of ether oxygens (including phenoxy) is 2. The summed E-state index contributed by atoms with van der Waals surface area (Å²) in [6.07, 6.45) is 2.02. The minimum atomic E-state index is -1.15. The number of rotatable bonds is 10. The van der Waals surface area contributed by atoms with E-state index in [4.69, 9.17) is 9.47 Å². The third kappa shape index (κ3) is 7.57. The standard InChI is InChI=1S/C28H36N2O5/c1-5-6-9-18-22-23(30(22)27(33)35-28(2,3)4)24(34-26(32)21-16-12-8-13-17-21)25(31)29-19-20-14-10-7-11-15-20/h7-8,10-17,22-24H,5-6,9,18-19H2,1-4H3,(H,29,31)/t22-,23+,24+,30?/m1/s1. The lowest BCUT2D eigenvalue weighted by molar-refractivity contribution is -0.130. The molecule has 2 amide bonds. The second-order valence-electron chi connectivity index (χ2n) is 9.84. The highest BCUT2D eigenvalue weighted by atomic mass is 16.6. The van der Waals surface area contributed by atoms with E-state index in [1.54, 1.807) is 56.0 Å². The maximum atomic E-state index is 13.3. The molecule has 1 heterocycles. The molecule has 1 aliphatic heterocycles. The van der Waals surface area contributed by atoms with Gasteiger partial charge in [0, 0.05) is 6.54 Å². The molecular weight excluding hydrogens is 444 g/mol. The summed E-state index contributed by atoms with van der Waals surface area (Å²) in [4.78, 5) is 40.7. The van der Waals surface area contributed by atoms with Crippen LogP contribution in [0.2, 0.25) is 0 Å². The molecule has 7 heteroatoms. The molecule has 0 saturated carbocycles. The van der Waals surface area contributed by atoms with Crippen LogP contribution in [0.3, 0.4) is 0 Å². The summed E-state index contributed by atoms with van der Waals surface area (Å²) in [6.45, 7) is 7.80. The fraction of sp³-hybridized carbons (Fsp3) is 0.464. The number of amides is 2. The Kier molecular flexibility index (Phi) is 8.90. The molecule has 3 atom stereocenters. The highest BCUT2D eigenvalue weighted by molar-refractivity contribution is 5.93. The number of unbranched alkanes of at least 4 members (excludes halogenated alkanes) is 2. The van der Waals surface area contributed by atoms with E-state index in [1.807, 2.05) is 30.3 Å². The van der Waals surface area contributed by atoms with Gasteiger partial charge in [-0.1, -0.05) is 74.7 Å². The van der Waals surface area contributed by atoms with Gasteiger partial charge in [-0.25, -0.2) is 9.59 Å². The van der Waals surface area contributed by atoms with E-state index in [9.17, 15) is 14.4 Å². The average Bonchev–Trinajstić information content (AvgIpc) is 3.55. The van der Waals surface area contributed by atoms with Crippen LogP contribution in [0.15, 0.2) is 60.7 Å². The highest BCUT2D eigenvalue weighted by Crippen LogP contribution is 2.38. The van der Waals surface area contributed by atoms with Crippen molar-refractivity contribution in [1.29, 1.82) is 0 Å². The second-order valence-corrected chi connectivity index (χ2v) is 9.84. The maximum absolute atomic E-state index is 13.3. The summed E-state index contributed by atoms with van der Waals surface area (Å²) < 4.78 is 11.3. The number of nitrogens with one attached hydrogen (secondary N) is 1. The summed E-state index contributed by atoms with van der Waals surface area (Å²) in [6, 6.07) is 17.2. The smallest absolute Gasteiger partial charge is 0.411 e. The molecule has 1 fully saturated rings. The summed E-state index contributed by atoms with van der Waals surface area (Å²) in [5, 5.41) is 2.88. The van der Waals surface area contributed by atoms with Crippen LogP contribution in [0.4, 0.5) is 4.79 Å². The van der Waals surface area contributed by atoms with Crippen molar-refractivity contribution in [2.45, 2.75) is 83.7 Å². The Morgan fingerprint density at radius 3 is 2.20 bits per heavy atom. The number of carbonyl (C=O) groups excluding carboxylic acids is 3. The first-order valence-corrected chi connectivity index (χ1v) is 12.3. The molecule has 7 nitrogen and oxygen atoms in total. The van der Waals surface area contributed by atoms with Crippen molar-refractivity contribution in [2.75, 3.05) is 0 Å². The Bertz CT molecular complexity index is 987. The fourth-order valence-electron chi connectivity index (χ4n) is 4.05. The highest BCUT2D eigenvalue weighted by Gasteiger charge is 2.59. The molecule has 35 heavy (non-hydrogen) atoms. The van der Waals surface area contributed by atoms with Gasteiger partial charge in [0.25, 0.3) is 5.91 Å². The van der Waals surface area contributed by atoms with Gasteiger partial charge in [0.05, 0.1) is 11.6 Å². The fourth-order valence-corrected chi connectivity index (χ4v) is 4.05. The molecule has 2 aromatic carbocycles. The van der Waals surface area contributed by atoms with Crippen LogP contribution >= 0.6 is 0 Å². The van der Waals surface area contributed by atoms with Crippen molar-refractivity contribution in [2.24, 2.45) is 0 Å². The Hall–Kier alpha value is -3.35. The first kappa shape index (κ1) is 26.3. The minimum Gasteiger partial charge on any atom is -0.446 e. The van der Waals surface area contributed by atoms with E-state index in [1.165, 1.54) is 0 Å². The summed E-state index contributed by atoms with van der Waals surface area (Å²) in [7, 11) is 0. The molecule has 0 aliphatic carbocycles. The van der Waals surface area contributed by atoms with Gasteiger partial charge in [0.15, 0.2) is 0 Å². The molecule has 0 aromatic heterocycles. The molecule has 0 spiro atoms. The van der Waals surface area contributed by atoms with Crippen LogP contribution in [0.1, 0.15) is 69.3 Å². The van der Waals surface area contributed by atoms with Crippen LogP contribution in [-0.2, 0) is 20.8 Å². The van der Waals surface area contributed by atoms with Crippen molar-refractivity contribution in [3.05, 3.63) is 71.8 Å².